The Morgan fingerprint density at radius 3 is 2.58 bits per heavy atom. The molecule has 1 unspecified atom stereocenters. The molecule has 1 amide bonds. The van der Waals surface area contributed by atoms with Crippen LogP contribution in [-0.4, -0.2) is 38.2 Å². The van der Waals surface area contributed by atoms with Crippen molar-refractivity contribution in [3.05, 3.63) is 22.4 Å². The molecule has 0 radical (unpaired) electrons. The minimum atomic E-state index is -3.12. The maximum atomic E-state index is 11.7. The van der Waals surface area contributed by atoms with Crippen LogP contribution < -0.4 is 5.32 Å². The molecule has 0 saturated carbocycles. The molecule has 0 saturated heterocycles. The highest BCUT2D eigenvalue weighted by molar-refractivity contribution is 7.90. The van der Waals surface area contributed by atoms with Crippen molar-refractivity contribution in [3.63, 3.8) is 0 Å². The Bertz CT molecular complexity index is 534. The van der Waals surface area contributed by atoms with Gasteiger partial charge in [0.25, 0.3) is 0 Å². The lowest BCUT2D eigenvalue weighted by Gasteiger charge is -2.12. The third-order valence-corrected chi connectivity index (χ3v) is 4.35. The fraction of sp³-hybridized carbons (Fsp3) is 0.500. The predicted molar refractivity (Wildman–Crippen MR) is 75.2 cm³/mol. The van der Waals surface area contributed by atoms with Crippen molar-refractivity contribution in [2.24, 2.45) is 0 Å². The Morgan fingerprint density at radius 1 is 1.37 bits per heavy atom. The molecular weight excluding hydrogens is 286 g/mol. The van der Waals surface area contributed by atoms with Crippen LogP contribution in [0.5, 0.6) is 0 Å². The molecule has 0 aromatic carbocycles. The van der Waals surface area contributed by atoms with E-state index in [0.717, 1.165) is 6.26 Å². The molecule has 5 nitrogen and oxygen atoms in total. The van der Waals surface area contributed by atoms with Crippen LogP contribution in [0.15, 0.2) is 17.5 Å². The molecule has 0 spiro atoms. The summed E-state index contributed by atoms with van der Waals surface area (Å²) < 4.78 is 22.1. The average molecular weight is 303 g/mol. The Morgan fingerprint density at radius 2 is 2.05 bits per heavy atom. The van der Waals surface area contributed by atoms with Crippen molar-refractivity contribution >= 4 is 32.9 Å². The van der Waals surface area contributed by atoms with Crippen LogP contribution in [0.1, 0.15) is 29.4 Å². The first-order chi connectivity index (χ1) is 8.78. The van der Waals surface area contributed by atoms with Gasteiger partial charge in [-0.2, -0.15) is 0 Å². The fourth-order valence-electron chi connectivity index (χ4n) is 1.63. The number of thiophene rings is 1. The summed E-state index contributed by atoms with van der Waals surface area (Å²) in [4.78, 5) is 23.9. The normalized spacial score (nSPS) is 12.9. The van der Waals surface area contributed by atoms with E-state index in [9.17, 15) is 18.0 Å². The van der Waals surface area contributed by atoms with Gasteiger partial charge in [0.05, 0.1) is 10.6 Å². The van der Waals surface area contributed by atoms with E-state index in [2.05, 4.69) is 5.32 Å². The van der Waals surface area contributed by atoms with E-state index in [1.54, 1.807) is 19.1 Å². The molecule has 0 aliphatic heterocycles. The highest BCUT2D eigenvalue weighted by Gasteiger charge is 2.14. The molecule has 0 aliphatic carbocycles. The van der Waals surface area contributed by atoms with Gasteiger partial charge in [-0.1, -0.05) is 6.07 Å². The lowest BCUT2D eigenvalue weighted by Crippen LogP contribution is -2.37. The zero-order valence-electron chi connectivity index (χ0n) is 10.9. The summed E-state index contributed by atoms with van der Waals surface area (Å²) >= 11 is 1.34. The molecule has 0 aliphatic rings. The van der Waals surface area contributed by atoms with Gasteiger partial charge in [-0.25, -0.2) is 8.42 Å². The molecule has 1 aromatic rings. The zero-order valence-corrected chi connectivity index (χ0v) is 12.5. The molecule has 0 bridgehead atoms. The van der Waals surface area contributed by atoms with Crippen LogP contribution in [0, 0.1) is 0 Å². The number of amides is 1. The van der Waals surface area contributed by atoms with E-state index in [0.29, 0.717) is 4.88 Å². The number of nitrogens with one attached hydrogen (secondary N) is 1. The lowest BCUT2D eigenvalue weighted by atomic mass is 10.2. The summed E-state index contributed by atoms with van der Waals surface area (Å²) in [5.41, 5.74) is 0. The molecule has 7 heteroatoms. The SMILES string of the molecule is CC(CS(C)(=O)=O)NC(=O)CCC(=O)c1cccs1. The molecule has 1 aromatic heterocycles. The quantitative estimate of drug-likeness (QED) is 0.769. The molecule has 19 heavy (non-hydrogen) atoms. The number of hydrogen-bond acceptors (Lipinski definition) is 5. The number of carbonyl (C=O) groups excluding carboxylic acids is 2. The molecular formula is C12H17NO4S2. The summed E-state index contributed by atoms with van der Waals surface area (Å²) in [5.74, 6) is -0.473. The van der Waals surface area contributed by atoms with Crippen molar-refractivity contribution in [2.75, 3.05) is 12.0 Å². The lowest BCUT2D eigenvalue weighted by molar-refractivity contribution is -0.121. The number of carbonyl (C=O) groups is 2. The van der Waals surface area contributed by atoms with E-state index in [4.69, 9.17) is 0 Å². The molecule has 1 atom stereocenters. The first kappa shape index (κ1) is 15.8. The van der Waals surface area contributed by atoms with Crippen LogP contribution in [0.4, 0.5) is 0 Å². The van der Waals surface area contributed by atoms with Gasteiger partial charge in [0, 0.05) is 25.1 Å². The second kappa shape index (κ2) is 6.81. The fourth-order valence-corrected chi connectivity index (χ4v) is 3.32. The van der Waals surface area contributed by atoms with Crippen molar-refractivity contribution in [3.8, 4) is 0 Å². The van der Waals surface area contributed by atoms with Gasteiger partial charge in [-0.15, -0.1) is 11.3 Å². The molecule has 106 valence electrons. The maximum absolute atomic E-state index is 11.7. The predicted octanol–water partition coefficient (Wildman–Crippen LogP) is 1.26. The van der Waals surface area contributed by atoms with Crippen molar-refractivity contribution in [1.82, 2.24) is 5.32 Å². The number of sulfone groups is 1. The Balaban J connectivity index is 2.34. The van der Waals surface area contributed by atoms with E-state index in [1.807, 2.05) is 5.38 Å². The second-order valence-corrected chi connectivity index (χ2v) is 7.59. The van der Waals surface area contributed by atoms with Gasteiger partial charge in [0.1, 0.15) is 9.84 Å². The standard InChI is InChI=1S/C12H17NO4S2/c1-9(8-19(2,16)17)13-12(15)6-5-10(14)11-4-3-7-18-11/h3-4,7,9H,5-6,8H2,1-2H3,(H,13,15). The van der Waals surface area contributed by atoms with Gasteiger partial charge in [0.2, 0.25) is 5.91 Å². The number of rotatable bonds is 7. The summed E-state index contributed by atoms with van der Waals surface area (Å²) in [6.45, 7) is 1.63. The summed E-state index contributed by atoms with van der Waals surface area (Å²) in [6, 6.07) is 3.06. The van der Waals surface area contributed by atoms with Crippen molar-refractivity contribution < 1.29 is 18.0 Å². The van der Waals surface area contributed by atoms with Gasteiger partial charge >= 0.3 is 0 Å². The van der Waals surface area contributed by atoms with Crippen LogP contribution >= 0.6 is 11.3 Å². The number of ketones is 1. The van der Waals surface area contributed by atoms with E-state index in [-0.39, 0.29) is 30.3 Å². The van der Waals surface area contributed by atoms with E-state index < -0.39 is 15.9 Å². The molecule has 1 heterocycles. The van der Waals surface area contributed by atoms with Gasteiger partial charge in [-0.3, -0.25) is 9.59 Å². The topological polar surface area (TPSA) is 80.3 Å². The van der Waals surface area contributed by atoms with Gasteiger partial charge in [0.15, 0.2) is 5.78 Å². The average Bonchev–Trinajstić information content (AvgIpc) is 2.76. The highest BCUT2D eigenvalue weighted by atomic mass is 32.2. The Labute approximate surface area is 116 Å². The summed E-state index contributed by atoms with van der Waals surface area (Å²) in [5, 5.41) is 4.38. The Kier molecular flexibility index (Phi) is 5.68. The van der Waals surface area contributed by atoms with E-state index >= 15 is 0 Å². The number of hydrogen-bond donors (Lipinski definition) is 1. The van der Waals surface area contributed by atoms with E-state index in [1.165, 1.54) is 11.3 Å². The van der Waals surface area contributed by atoms with Gasteiger partial charge in [-0.05, 0) is 18.4 Å². The van der Waals surface area contributed by atoms with Crippen LogP contribution in [0.2, 0.25) is 0 Å². The molecule has 1 rings (SSSR count). The first-order valence-corrected chi connectivity index (χ1v) is 8.76. The van der Waals surface area contributed by atoms with Crippen molar-refractivity contribution in [1.29, 1.82) is 0 Å². The monoisotopic (exact) mass is 303 g/mol. The summed E-state index contributed by atoms with van der Waals surface area (Å²) in [7, 11) is -3.12. The largest absolute Gasteiger partial charge is 0.353 e. The third-order valence-electron chi connectivity index (χ3n) is 2.34. The maximum Gasteiger partial charge on any atom is 0.220 e. The molecule has 0 fully saturated rings. The second-order valence-electron chi connectivity index (χ2n) is 4.46. The number of Topliss-reactive ketones (excluding diaryl/α,β-unsaturated/α-hetero) is 1. The van der Waals surface area contributed by atoms with Gasteiger partial charge < -0.3 is 5.32 Å². The minimum absolute atomic E-state index is 0.0686. The summed E-state index contributed by atoms with van der Waals surface area (Å²) in [6.07, 6.45) is 1.33. The van der Waals surface area contributed by atoms with Crippen LogP contribution in [0.3, 0.4) is 0 Å². The van der Waals surface area contributed by atoms with Crippen molar-refractivity contribution in [2.45, 2.75) is 25.8 Å². The van der Waals surface area contributed by atoms with Crippen LogP contribution in [0.25, 0.3) is 0 Å². The first-order valence-electron chi connectivity index (χ1n) is 5.82. The zero-order chi connectivity index (χ0) is 14.5. The molecule has 1 N–H and O–H groups in total. The van der Waals surface area contributed by atoms with Crippen LogP contribution in [-0.2, 0) is 14.6 Å². The smallest absolute Gasteiger partial charge is 0.220 e. The third kappa shape index (κ3) is 6.49. The Hall–Kier alpha value is -1.21. The highest BCUT2D eigenvalue weighted by Crippen LogP contribution is 2.12. The minimum Gasteiger partial charge on any atom is -0.353 e.